The Labute approximate surface area is 100 Å². The highest BCUT2D eigenvalue weighted by Crippen LogP contribution is 2.26. The van der Waals surface area contributed by atoms with Gasteiger partial charge in [0.05, 0.1) is 15.6 Å². The zero-order valence-corrected chi connectivity index (χ0v) is 9.92. The van der Waals surface area contributed by atoms with E-state index in [1.807, 2.05) is 22.9 Å². The molecule has 2 heterocycles. The molecule has 2 aromatic rings. The normalized spacial score (nSPS) is 12.6. The average Bonchev–Trinajstić information content (AvgIpc) is 2.85. The predicted molar refractivity (Wildman–Crippen MR) is 64.7 cm³/mol. The molecule has 0 aliphatic heterocycles. The van der Waals surface area contributed by atoms with Crippen LogP contribution in [0.2, 0.25) is 0 Å². The molecule has 3 N–H and O–H groups in total. The van der Waals surface area contributed by atoms with Crippen molar-refractivity contribution < 1.29 is 9.90 Å². The summed E-state index contributed by atoms with van der Waals surface area (Å²) >= 11 is 3.06. The number of hydrogen-bond donors (Lipinski definition) is 2. The van der Waals surface area contributed by atoms with Crippen molar-refractivity contribution in [2.24, 2.45) is 5.73 Å². The van der Waals surface area contributed by atoms with Gasteiger partial charge in [0.15, 0.2) is 0 Å². The molecule has 6 heteroatoms. The number of aliphatic carboxylic acids is 1. The van der Waals surface area contributed by atoms with Crippen molar-refractivity contribution in [3.63, 3.8) is 0 Å². The predicted octanol–water partition coefficient (Wildman–Crippen LogP) is 1.83. The lowest BCUT2D eigenvalue weighted by Crippen LogP contribution is -2.32. The largest absolute Gasteiger partial charge is 0.480 e. The van der Waals surface area contributed by atoms with Gasteiger partial charge < -0.3 is 10.8 Å². The maximum Gasteiger partial charge on any atom is 0.320 e. The molecule has 2 aromatic heterocycles. The molecule has 0 aromatic carbocycles. The Morgan fingerprint density at radius 2 is 2.38 bits per heavy atom. The highest BCUT2D eigenvalue weighted by Gasteiger charge is 2.15. The summed E-state index contributed by atoms with van der Waals surface area (Å²) in [6.45, 7) is 0. The Morgan fingerprint density at radius 3 is 3.00 bits per heavy atom. The number of thiophene rings is 1. The molecular formula is C10H10N2O2S2. The van der Waals surface area contributed by atoms with Crippen LogP contribution in [0.25, 0.3) is 10.6 Å². The van der Waals surface area contributed by atoms with Crippen LogP contribution in [0.5, 0.6) is 0 Å². The van der Waals surface area contributed by atoms with E-state index in [1.54, 1.807) is 11.3 Å². The number of nitrogens with two attached hydrogens (primary N) is 1. The Morgan fingerprint density at radius 1 is 1.56 bits per heavy atom. The molecule has 0 aliphatic rings. The first-order valence-corrected chi connectivity index (χ1v) is 6.39. The molecule has 0 radical (unpaired) electrons. The lowest BCUT2D eigenvalue weighted by molar-refractivity contribution is -0.138. The summed E-state index contributed by atoms with van der Waals surface area (Å²) in [4.78, 5) is 16.0. The fraction of sp³-hybridized carbons (Fsp3) is 0.200. The molecule has 0 fully saturated rings. The Hall–Kier alpha value is -1.24. The van der Waals surface area contributed by atoms with Gasteiger partial charge in [0.1, 0.15) is 6.04 Å². The fourth-order valence-electron chi connectivity index (χ4n) is 1.22. The molecule has 84 valence electrons. The topological polar surface area (TPSA) is 76.2 Å². The van der Waals surface area contributed by atoms with Gasteiger partial charge >= 0.3 is 5.97 Å². The van der Waals surface area contributed by atoms with Crippen LogP contribution < -0.4 is 5.73 Å². The van der Waals surface area contributed by atoms with E-state index in [0.29, 0.717) is 0 Å². The zero-order valence-electron chi connectivity index (χ0n) is 8.29. The van der Waals surface area contributed by atoms with Crippen molar-refractivity contribution in [3.05, 3.63) is 27.9 Å². The number of carboxylic acids is 1. The number of aromatic nitrogens is 1. The van der Waals surface area contributed by atoms with Gasteiger partial charge in [-0.15, -0.1) is 22.7 Å². The molecule has 0 amide bonds. The molecule has 0 saturated heterocycles. The third-order valence-corrected chi connectivity index (χ3v) is 3.80. The van der Waals surface area contributed by atoms with Gasteiger partial charge in [0.25, 0.3) is 0 Å². The van der Waals surface area contributed by atoms with Gasteiger partial charge in [-0.2, -0.15) is 0 Å². The summed E-state index contributed by atoms with van der Waals surface area (Å²) in [6.07, 6.45) is 0.283. The minimum atomic E-state index is -0.993. The van der Waals surface area contributed by atoms with Crippen LogP contribution in [0, 0.1) is 0 Å². The summed E-state index contributed by atoms with van der Waals surface area (Å²) in [5.41, 5.74) is 6.34. The van der Waals surface area contributed by atoms with E-state index in [9.17, 15) is 4.79 Å². The first-order valence-electron chi connectivity index (χ1n) is 4.63. The maximum absolute atomic E-state index is 10.6. The first-order chi connectivity index (χ1) is 7.66. The summed E-state index contributed by atoms with van der Waals surface area (Å²) in [6, 6.07) is 3.07. The van der Waals surface area contributed by atoms with E-state index in [4.69, 9.17) is 10.8 Å². The number of nitrogens with zero attached hydrogens (tertiary/aromatic N) is 1. The number of hydrogen-bond acceptors (Lipinski definition) is 5. The maximum atomic E-state index is 10.6. The monoisotopic (exact) mass is 254 g/mol. The molecule has 2 rings (SSSR count). The van der Waals surface area contributed by atoms with Crippen molar-refractivity contribution in [2.75, 3.05) is 0 Å². The third-order valence-electron chi connectivity index (χ3n) is 2.04. The van der Waals surface area contributed by atoms with Crippen LogP contribution in [-0.4, -0.2) is 22.1 Å². The van der Waals surface area contributed by atoms with Gasteiger partial charge in [0.2, 0.25) is 0 Å². The quantitative estimate of drug-likeness (QED) is 0.872. The van der Waals surface area contributed by atoms with Gasteiger partial charge in [-0.1, -0.05) is 6.07 Å². The number of thiazole rings is 1. The lowest BCUT2D eigenvalue weighted by atomic mass is 10.2. The van der Waals surface area contributed by atoms with Gasteiger partial charge in [-0.05, 0) is 11.4 Å². The molecule has 4 nitrogen and oxygen atoms in total. The minimum Gasteiger partial charge on any atom is -0.480 e. The van der Waals surface area contributed by atoms with Crippen molar-refractivity contribution in [1.29, 1.82) is 0 Å². The molecule has 16 heavy (non-hydrogen) atoms. The smallest absolute Gasteiger partial charge is 0.320 e. The van der Waals surface area contributed by atoms with E-state index in [-0.39, 0.29) is 6.42 Å². The first kappa shape index (κ1) is 11.3. The van der Waals surface area contributed by atoms with Gasteiger partial charge in [-0.25, -0.2) is 4.98 Å². The third kappa shape index (κ3) is 2.46. The second kappa shape index (κ2) is 4.73. The minimum absolute atomic E-state index is 0.283. The number of carbonyl (C=O) groups is 1. The highest BCUT2D eigenvalue weighted by atomic mass is 32.1. The van der Waals surface area contributed by atoms with Crippen LogP contribution in [-0.2, 0) is 11.2 Å². The van der Waals surface area contributed by atoms with Crippen LogP contribution >= 0.6 is 22.7 Å². The molecule has 1 atom stereocenters. The summed E-state index contributed by atoms with van der Waals surface area (Å²) < 4.78 is 0. The standard InChI is InChI=1S/C10H10N2O2S2/c11-6(10(13)14)4-9-12-7(5-16-9)8-2-1-3-15-8/h1-3,5-6H,4,11H2,(H,13,14). The Kier molecular flexibility index (Phi) is 3.33. The summed E-state index contributed by atoms with van der Waals surface area (Å²) in [7, 11) is 0. The lowest BCUT2D eigenvalue weighted by Gasteiger charge is -2.01. The summed E-state index contributed by atoms with van der Waals surface area (Å²) in [5.74, 6) is -0.993. The van der Waals surface area contributed by atoms with E-state index in [0.717, 1.165) is 15.6 Å². The Bertz CT molecular complexity index is 479. The van der Waals surface area contributed by atoms with Gasteiger partial charge in [-0.3, -0.25) is 4.79 Å². The molecule has 0 spiro atoms. The van der Waals surface area contributed by atoms with Crippen molar-refractivity contribution in [3.8, 4) is 10.6 Å². The van der Waals surface area contributed by atoms with Crippen LogP contribution in [0.4, 0.5) is 0 Å². The van der Waals surface area contributed by atoms with E-state index < -0.39 is 12.0 Å². The van der Waals surface area contributed by atoms with E-state index >= 15 is 0 Å². The number of carboxylic acid groups (broad SMARTS) is 1. The van der Waals surface area contributed by atoms with Crippen LogP contribution in [0.3, 0.4) is 0 Å². The van der Waals surface area contributed by atoms with Crippen LogP contribution in [0.15, 0.2) is 22.9 Å². The second-order valence-corrected chi connectivity index (χ2v) is 5.14. The Balaban J connectivity index is 2.11. The molecule has 1 unspecified atom stereocenters. The van der Waals surface area contributed by atoms with E-state index in [1.165, 1.54) is 11.3 Å². The molecular weight excluding hydrogens is 244 g/mol. The molecule has 0 saturated carbocycles. The fourth-order valence-corrected chi connectivity index (χ4v) is 2.83. The van der Waals surface area contributed by atoms with Crippen molar-refractivity contribution >= 4 is 28.6 Å². The zero-order chi connectivity index (χ0) is 11.5. The van der Waals surface area contributed by atoms with Crippen LogP contribution in [0.1, 0.15) is 5.01 Å². The molecule has 0 bridgehead atoms. The van der Waals surface area contributed by atoms with Crippen molar-refractivity contribution in [1.82, 2.24) is 4.98 Å². The average molecular weight is 254 g/mol. The summed E-state index contributed by atoms with van der Waals surface area (Å²) in [5, 5.41) is 13.4. The SMILES string of the molecule is NC(Cc1nc(-c2cccs2)cs1)C(=O)O. The highest BCUT2D eigenvalue weighted by molar-refractivity contribution is 7.14. The van der Waals surface area contributed by atoms with Crippen molar-refractivity contribution in [2.45, 2.75) is 12.5 Å². The van der Waals surface area contributed by atoms with Gasteiger partial charge in [0, 0.05) is 11.8 Å². The van der Waals surface area contributed by atoms with E-state index in [2.05, 4.69) is 4.98 Å². The molecule has 0 aliphatic carbocycles. The number of rotatable bonds is 4. The second-order valence-electron chi connectivity index (χ2n) is 3.25.